The molecule has 1 saturated heterocycles. The van der Waals surface area contributed by atoms with E-state index >= 15 is 0 Å². The zero-order valence-electron chi connectivity index (χ0n) is 11.9. The van der Waals surface area contributed by atoms with E-state index in [9.17, 15) is 4.79 Å². The smallest absolute Gasteiger partial charge is 0.375 e. The summed E-state index contributed by atoms with van der Waals surface area (Å²) in [6, 6.07) is 1.85. The molecule has 106 valence electrons. The first kappa shape index (κ1) is 14.1. The largest absolute Gasteiger partial charge is 0.457 e. The van der Waals surface area contributed by atoms with Crippen molar-refractivity contribution >= 4 is 5.97 Å². The maximum atomic E-state index is 12.0. The van der Waals surface area contributed by atoms with Gasteiger partial charge < -0.3 is 14.5 Å². The van der Waals surface area contributed by atoms with E-state index in [0.29, 0.717) is 5.76 Å². The molecule has 1 fully saturated rings. The van der Waals surface area contributed by atoms with Gasteiger partial charge in [0.25, 0.3) is 0 Å². The van der Waals surface area contributed by atoms with Crippen molar-refractivity contribution in [1.82, 2.24) is 10.2 Å². The third-order valence-electron chi connectivity index (χ3n) is 2.93. The van der Waals surface area contributed by atoms with Gasteiger partial charge in [0, 0.05) is 38.3 Å². The first-order chi connectivity index (χ1) is 8.96. The molecule has 5 nitrogen and oxygen atoms in total. The van der Waals surface area contributed by atoms with Gasteiger partial charge in [-0.25, -0.2) is 4.79 Å². The lowest BCUT2D eigenvalue weighted by Gasteiger charge is -2.27. The molecular formula is C14H22N2O3. The first-order valence-electron chi connectivity index (χ1n) is 6.68. The number of esters is 1. The Morgan fingerprint density at radius 1 is 1.42 bits per heavy atom. The number of carbonyl (C=O) groups excluding carboxylic acids is 1. The van der Waals surface area contributed by atoms with Crippen LogP contribution in [0.4, 0.5) is 0 Å². The first-order valence-corrected chi connectivity index (χ1v) is 6.68. The minimum absolute atomic E-state index is 0.327. The zero-order valence-corrected chi connectivity index (χ0v) is 11.9. The van der Waals surface area contributed by atoms with E-state index in [1.807, 2.05) is 26.8 Å². The standard InChI is InChI=1S/C14H22N2O3/c1-14(2,3)19-13(17)12-11(4-9-18-12)10-16-7-5-15-6-8-16/h4,9,15H,5-8,10H2,1-3H3. The van der Waals surface area contributed by atoms with Gasteiger partial charge in [-0.3, -0.25) is 4.90 Å². The van der Waals surface area contributed by atoms with Gasteiger partial charge in [0.15, 0.2) is 0 Å². The summed E-state index contributed by atoms with van der Waals surface area (Å²) >= 11 is 0. The Morgan fingerprint density at radius 2 is 2.11 bits per heavy atom. The van der Waals surface area contributed by atoms with E-state index in [2.05, 4.69) is 10.2 Å². The van der Waals surface area contributed by atoms with E-state index in [-0.39, 0.29) is 5.97 Å². The minimum atomic E-state index is -0.504. The van der Waals surface area contributed by atoms with Crippen LogP contribution in [0.15, 0.2) is 16.7 Å². The molecule has 0 bridgehead atoms. The zero-order chi connectivity index (χ0) is 13.9. The van der Waals surface area contributed by atoms with E-state index in [1.54, 1.807) is 6.26 Å². The molecular weight excluding hydrogens is 244 g/mol. The topological polar surface area (TPSA) is 54.7 Å². The summed E-state index contributed by atoms with van der Waals surface area (Å²) in [6.07, 6.45) is 1.55. The van der Waals surface area contributed by atoms with Gasteiger partial charge in [-0.1, -0.05) is 0 Å². The summed E-state index contributed by atoms with van der Waals surface area (Å²) in [5.74, 6) is -0.0592. The number of hydrogen-bond donors (Lipinski definition) is 1. The molecule has 0 amide bonds. The molecule has 19 heavy (non-hydrogen) atoms. The number of furan rings is 1. The minimum Gasteiger partial charge on any atom is -0.457 e. The third kappa shape index (κ3) is 4.08. The average Bonchev–Trinajstić information content (AvgIpc) is 2.76. The fraction of sp³-hybridized carbons (Fsp3) is 0.643. The number of ether oxygens (including phenoxy) is 1. The molecule has 2 heterocycles. The van der Waals surface area contributed by atoms with Crippen molar-refractivity contribution < 1.29 is 13.9 Å². The highest BCUT2D eigenvalue weighted by Crippen LogP contribution is 2.18. The van der Waals surface area contributed by atoms with Crippen LogP contribution in [0.3, 0.4) is 0 Å². The number of hydrogen-bond acceptors (Lipinski definition) is 5. The SMILES string of the molecule is CC(C)(C)OC(=O)c1occc1CN1CCNCC1. The highest BCUT2D eigenvalue weighted by atomic mass is 16.6. The van der Waals surface area contributed by atoms with E-state index in [1.165, 1.54) is 0 Å². The molecule has 1 aromatic rings. The molecule has 0 spiro atoms. The van der Waals surface area contributed by atoms with Crippen molar-refractivity contribution in [1.29, 1.82) is 0 Å². The van der Waals surface area contributed by atoms with E-state index < -0.39 is 5.60 Å². The molecule has 5 heteroatoms. The molecule has 0 atom stereocenters. The molecule has 0 unspecified atom stereocenters. The maximum absolute atomic E-state index is 12.0. The fourth-order valence-corrected chi connectivity index (χ4v) is 2.07. The quantitative estimate of drug-likeness (QED) is 0.843. The van der Waals surface area contributed by atoms with Gasteiger partial charge in [-0.15, -0.1) is 0 Å². The van der Waals surface area contributed by atoms with Crippen LogP contribution in [0.25, 0.3) is 0 Å². The number of carbonyl (C=O) groups is 1. The molecule has 1 N–H and O–H groups in total. The van der Waals surface area contributed by atoms with Gasteiger partial charge in [-0.2, -0.15) is 0 Å². The van der Waals surface area contributed by atoms with Crippen molar-refractivity contribution in [3.05, 3.63) is 23.7 Å². The predicted octanol–water partition coefficient (Wildman–Crippen LogP) is 1.64. The molecule has 2 rings (SSSR count). The van der Waals surface area contributed by atoms with Crippen LogP contribution in [0.5, 0.6) is 0 Å². The van der Waals surface area contributed by atoms with Crippen molar-refractivity contribution in [2.75, 3.05) is 26.2 Å². The van der Waals surface area contributed by atoms with Gasteiger partial charge in [0.05, 0.1) is 6.26 Å². The average molecular weight is 266 g/mol. The molecule has 0 aliphatic carbocycles. The number of nitrogens with one attached hydrogen (secondary N) is 1. The van der Waals surface area contributed by atoms with Crippen LogP contribution < -0.4 is 5.32 Å². The summed E-state index contributed by atoms with van der Waals surface area (Å²) in [4.78, 5) is 14.3. The Balaban J connectivity index is 2.02. The monoisotopic (exact) mass is 266 g/mol. The molecule has 1 aliphatic heterocycles. The highest BCUT2D eigenvalue weighted by molar-refractivity contribution is 5.88. The summed E-state index contributed by atoms with van der Waals surface area (Å²) in [5, 5.41) is 3.31. The van der Waals surface area contributed by atoms with Crippen LogP contribution in [-0.2, 0) is 11.3 Å². The summed E-state index contributed by atoms with van der Waals surface area (Å²) in [5.41, 5.74) is 0.395. The van der Waals surface area contributed by atoms with Crippen LogP contribution in [0.2, 0.25) is 0 Å². The summed E-state index contributed by atoms with van der Waals surface area (Å²) in [7, 11) is 0. The molecule has 1 aliphatic rings. The lowest BCUT2D eigenvalue weighted by molar-refractivity contribution is 0.00331. The van der Waals surface area contributed by atoms with Crippen LogP contribution in [0.1, 0.15) is 36.9 Å². The van der Waals surface area contributed by atoms with Gasteiger partial charge in [0.2, 0.25) is 5.76 Å². The lowest BCUT2D eigenvalue weighted by atomic mass is 10.2. The normalized spacial score (nSPS) is 17.4. The Bertz CT molecular complexity index is 428. The van der Waals surface area contributed by atoms with Crippen LogP contribution >= 0.6 is 0 Å². The lowest BCUT2D eigenvalue weighted by Crippen LogP contribution is -2.43. The Hall–Kier alpha value is -1.33. The predicted molar refractivity (Wildman–Crippen MR) is 72.0 cm³/mol. The molecule has 0 saturated carbocycles. The van der Waals surface area contributed by atoms with Gasteiger partial charge in [0.1, 0.15) is 5.60 Å². The number of rotatable bonds is 3. The Kier molecular flexibility index (Phi) is 4.27. The van der Waals surface area contributed by atoms with E-state index in [4.69, 9.17) is 9.15 Å². The fourth-order valence-electron chi connectivity index (χ4n) is 2.07. The Labute approximate surface area is 113 Å². The maximum Gasteiger partial charge on any atom is 0.375 e. The molecule has 1 aromatic heterocycles. The van der Waals surface area contributed by atoms with Gasteiger partial charge in [-0.05, 0) is 26.8 Å². The van der Waals surface area contributed by atoms with Crippen molar-refractivity contribution in [2.45, 2.75) is 32.9 Å². The summed E-state index contributed by atoms with van der Waals surface area (Å²) in [6.45, 7) is 10.2. The second-order valence-electron chi connectivity index (χ2n) is 5.80. The van der Waals surface area contributed by atoms with Gasteiger partial charge >= 0.3 is 5.97 Å². The van der Waals surface area contributed by atoms with Crippen molar-refractivity contribution in [3.8, 4) is 0 Å². The number of nitrogens with zero attached hydrogens (tertiary/aromatic N) is 1. The summed E-state index contributed by atoms with van der Waals surface area (Å²) < 4.78 is 10.6. The second-order valence-corrected chi connectivity index (χ2v) is 5.80. The molecule has 0 aromatic carbocycles. The van der Waals surface area contributed by atoms with Crippen LogP contribution in [-0.4, -0.2) is 42.6 Å². The highest BCUT2D eigenvalue weighted by Gasteiger charge is 2.24. The van der Waals surface area contributed by atoms with Crippen LogP contribution in [0, 0.1) is 0 Å². The van der Waals surface area contributed by atoms with Crippen molar-refractivity contribution in [3.63, 3.8) is 0 Å². The molecule has 0 radical (unpaired) electrons. The second kappa shape index (κ2) is 5.75. The van der Waals surface area contributed by atoms with E-state index in [0.717, 1.165) is 38.3 Å². The van der Waals surface area contributed by atoms with Crippen molar-refractivity contribution in [2.24, 2.45) is 0 Å². The number of piperazine rings is 1. The Morgan fingerprint density at radius 3 is 2.74 bits per heavy atom. The third-order valence-corrected chi connectivity index (χ3v) is 2.93.